The third-order valence-corrected chi connectivity index (χ3v) is 2.74. The molecule has 2 atom stereocenters. The van der Waals surface area contributed by atoms with Crippen molar-refractivity contribution in [3.8, 4) is 0 Å². The Hall–Kier alpha value is -0.770. The van der Waals surface area contributed by atoms with Crippen LogP contribution in [0.3, 0.4) is 0 Å². The van der Waals surface area contributed by atoms with E-state index in [0.717, 1.165) is 13.1 Å². The highest BCUT2D eigenvalue weighted by atomic mass is 16.2. The van der Waals surface area contributed by atoms with Crippen LogP contribution in [0.25, 0.3) is 0 Å². The summed E-state index contributed by atoms with van der Waals surface area (Å²) in [7, 11) is 5.80. The third-order valence-electron chi connectivity index (χ3n) is 2.74. The molecule has 1 rings (SSSR count). The largest absolute Gasteiger partial charge is 0.341 e. The molecular weight excluding hydrogens is 166 g/mol. The molecule has 2 unspecified atom stereocenters. The molecule has 0 bridgehead atoms. The number of nitrogens with one attached hydrogen (secondary N) is 1. The Morgan fingerprint density at radius 1 is 1.46 bits per heavy atom. The Balaban J connectivity index is 2.54. The zero-order valence-corrected chi connectivity index (χ0v) is 8.87. The van der Waals surface area contributed by atoms with Crippen molar-refractivity contribution in [2.24, 2.45) is 5.92 Å². The molecule has 0 aromatic carbocycles. The van der Waals surface area contributed by atoms with E-state index < -0.39 is 0 Å². The van der Waals surface area contributed by atoms with Crippen LogP contribution >= 0.6 is 0 Å². The van der Waals surface area contributed by atoms with Crippen LogP contribution in [-0.4, -0.2) is 56.1 Å². The van der Waals surface area contributed by atoms with Gasteiger partial charge in [0.25, 0.3) is 0 Å². The average Bonchev–Trinajstić information content (AvgIpc) is 2.46. The molecule has 1 heterocycles. The molecule has 13 heavy (non-hydrogen) atoms. The molecule has 76 valence electrons. The monoisotopic (exact) mass is 185 g/mol. The molecule has 0 aromatic rings. The van der Waals surface area contributed by atoms with Gasteiger partial charge in [-0.05, 0) is 20.0 Å². The van der Waals surface area contributed by atoms with Gasteiger partial charge in [-0.3, -0.25) is 0 Å². The zero-order chi connectivity index (χ0) is 10.0. The second-order valence-corrected chi connectivity index (χ2v) is 3.97. The predicted molar refractivity (Wildman–Crippen MR) is 52.7 cm³/mol. The molecule has 0 spiro atoms. The number of amides is 2. The Kier molecular flexibility index (Phi) is 3.14. The highest BCUT2D eigenvalue weighted by molar-refractivity contribution is 5.74. The van der Waals surface area contributed by atoms with Crippen molar-refractivity contribution in [3.63, 3.8) is 0 Å². The molecule has 1 N–H and O–H groups in total. The lowest BCUT2D eigenvalue weighted by Gasteiger charge is -2.22. The molecule has 0 saturated carbocycles. The van der Waals surface area contributed by atoms with Crippen LogP contribution in [0.1, 0.15) is 6.92 Å². The Bertz CT molecular complexity index is 193. The van der Waals surface area contributed by atoms with E-state index in [0.29, 0.717) is 12.0 Å². The molecule has 4 heteroatoms. The summed E-state index contributed by atoms with van der Waals surface area (Å²) in [6, 6.07) is 0.536. The van der Waals surface area contributed by atoms with Gasteiger partial charge in [-0.1, -0.05) is 6.92 Å². The van der Waals surface area contributed by atoms with Crippen molar-refractivity contribution < 1.29 is 4.79 Å². The lowest BCUT2D eigenvalue weighted by Crippen LogP contribution is -2.39. The molecule has 0 radical (unpaired) electrons. The fourth-order valence-corrected chi connectivity index (χ4v) is 1.95. The van der Waals surface area contributed by atoms with Crippen LogP contribution in [0.2, 0.25) is 0 Å². The van der Waals surface area contributed by atoms with E-state index in [4.69, 9.17) is 0 Å². The first-order chi connectivity index (χ1) is 6.06. The summed E-state index contributed by atoms with van der Waals surface area (Å²) in [4.78, 5) is 15.4. The lowest BCUT2D eigenvalue weighted by atomic mass is 10.1. The van der Waals surface area contributed by atoms with Crippen LogP contribution in [0, 0.1) is 5.92 Å². The summed E-state index contributed by atoms with van der Waals surface area (Å²) in [6.07, 6.45) is 0. The van der Waals surface area contributed by atoms with E-state index in [1.165, 1.54) is 0 Å². The van der Waals surface area contributed by atoms with E-state index in [1.807, 2.05) is 4.90 Å². The van der Waals surface area contributed by atoms with E-state index in [2.05, 4.69) is 31.2 Å². The van der Waals surface area contributed by atoms with Gasteiger partial charge in [0.2, 0.25) is 0 Å². The maximum atomic E-state index is 11.3. The predicted octanol–water partition coefficient (Wildman–Crippen LogP) is 0.208. The number of carbonyl (C=O) groups excluding carboxylic acids is 1. The Labute approximate surface area is 79.9 Å². The number of carbonyl (C=O) groups is 1. The second kappa shape index (κ2) is 3.96. The van der Waals surface area contributed by atoms with Gasteiger partial charge in [-0.15, -0.1) is 0 Å². The van der Waals surface area contributed by atoms with Gasteiger partial charge in [-0.25, -0.2) is 4.79 Å². The smallest absolute Gasteiger partial charge is 0.317 e. The standard InChI is InChI=1S/C9H19N3O/c1-7-5-12(9(13)10-2)6-8(7)11(3)4/h7-8H,5-6H2,1-4H3,(H,10,13). The number of likely N-dealkylation sites (N-methyl/N-ethyl adjacent to an activating group) is 1. The van der Waals surface area contributed by atoms with Gasteiger partial charge in [0.05, 0.1) is 0 Å². The van der Waals surface area contributed by atoms with Crippen molar-refractivity contribution in [1.29, 1.82) is 0 Å². The first kappa shape index (κ1) is 10.3. The van der Waals surface area contributed by atoms with Crippen LogP contribution < -0.4 is 5.32 Å². The van der Waals surface area contributed by atoms with E-state index >= 15 is 0 Å². The average molecular weight is 185 g/mol. The number of hydrogen-bond acceptors (Lipinski definition) is 2. The van der Waals surface area contributed by atoms with Crippen molar-refractivity contribution >= 4 is 6.03 Å². The fourth-order valence-electron chi connectivity index (χ4n) is 1.95. The fraction of sp³-hybridized carbons (Fsp3) is 0.889. The van der Waals surface area contributed by atoms with E-state index in [1.54, 1.807) is 7.05 Å². The van der Waals surface area contributed by atoms with Gasteiger partial charge in [0.15, 0.2) is 0 Å². The molecular formula is C9H19N3O. The van der Waals surface area contributed by atoms with E-state index in [-0.39, 0.29) is 6.03 Å². The quantitative estimate of drug-likeness (QED) is 0.634. The molecule has 0 aromatic heterocycles. The Morgan fingerprint density at radius 3 is 2.46 bits per heavy atom. The first-order valence-electron chi connectivity index (χ1n) is 4.69. The maximum absolute atomic E-state index is 11.3. The van der Waals surface area contributed by atoms with E-state index in [9.17, 15) is 4.79 Å². The summed E-state index contributed by atoms with van der Waals surface area (Å²) in [6.45, 7) is 3.89. The minimum atomic E-state index is 0.0381. The zero-order valence-electron chi connectivity index (χ0n) is 8.87. The number of rotatable bonds is 1. The first-order valence-corrected chi connectivity index (χ1v) is 4.69. The summed E-state index contributed by atoms with van der Waals surface area (Å²) in [5, 5.41) is 2.66. The second-order valence-electron chi connectivity index (χ2n) is 3.97. The SMILES string of the molecule is CNC(=O)N1CC(C)C(N(C)C)C1. The van der Waals surface area contributed by atoms with Crippen LogP contribution in [0.5, 0.6) is 0 Å². The molecule has 2 amide bonds. The van der Waals surface area contributed by atoms with Gasteiger partial charge >= 0.3 is 6.03 Å². The van der Waals surface area contributed by atoms with Crippen molar-refractivity contribution in [3.05, 3.63) is 0 Å². The highest BCUT2D eigenvalue weighted by Crippen LogP contribution is 2.19. The molecule has 1 fully saturated rings. The van der Waals surface area contributed by atoms with Crippen LogP contribution in [0.4, 0.5) is 4.79 Å². The van der Waals surface area contributed by atoms with Gasteiger partial charge in [0, 0.05) is 26.2 Å². The number of nitrogens with zero attached hydrogens (tertiary/aromatic N) is 2. The maximum Gasteiger partial charge on any atom is 0.317 e. The third kappa shape index (κ3) is 2.12. The minimum absolute atomic E-state index is 0.0381. The van der Waals surface area contributed by atoms with Gasteiger partial charge < -0.3 is 15.1 Å². The van der Waals surface area contributed by atoms with Crippen LogP contribution in [-0.2, 0) is 0 Å². The summed E-state index contributed by atoms with van der Waals surface area (Å²) in [5.74, 6) is 0.562. The van der Waals surface area contributed by atoms with Crippen molar-refractivity contribution in [2.45, 2.75) is 13.0 Å². The molecule has 4 nitrogen and oxygen atoms in total. The molecule has 0 aliphatic carbocycles. The van der Waals surface area contributed by atoms with Crippen molar-refractivity contribution in [1.82, 2.24) is 15.1 Å². The summed E-state index contributed by atoms with van der Waals surface area (Å²) >= 11 is 0. The Morgan fingerprint density at radius 2 is 2.08 bits per heavy atom. The minimum Gasteiger partial charge on any atom is -0.341 e. The molecule has 1 aliphatic rings. The summed E-state index contributed by atoms with van der Waals surface area (Å²) < 4.78 is 0. The topological polar surface area (TPSA) is 35.6 Å². The number of urea groups is 1. The normalized spacial score (nSPS) is 28.2. The van der Waals surface area contributed by atoms with Gasteiger partial charge in [-0.2, -0.15) is 0 Å². The molecule has 1 aliphatic heterocycles. The summed E-state index contributed by atoms with van der Waals surface area (Å²) in [5.41, 5.74) is 0. The highest BCUT2D eigenvalue weighted by Gasteiger charge is 2.32. The molecule has 1 saturated heterocycles. The van der Waals surface area contributed by atoms with Gasteiger partial charge in [0.1, 0.15) is 0 Å². The van der Waals surface area contributed by atoms with Crippen LogP contribution in [0.15, 0.2) is 0 Å². The number of likely N-dealkylation sites (tertiary alicyclic amines) is 1. The lowest BCUT2D eigenvalue weighted by molar-refractivity contribution is 0.205. The van der Waals surface area contributed by atoms with Crippen molar-refractivity contribution in [2.75, 3.05) is 34.2 Å². The number of hydrogen-bond donors (Lipinski definition) is 1.